The molecule has 0 aliphatic carbocycles. The van der Waals surface area contributed by atoms with Crippen LogP contribution in [0.4, 0.5) is 6.01 Å². The molecule has 82 valence electrons. The van der Waals surface area contributed by atoms with Gasteiger partial charge in [0.1, 0.15) is 0 Å². The number of rotatable bonds is 3. The van der Waals surface area contributed by atoms with E-state index < -0.39 is 0 Å². The number of nitrogens with zero attached hydrogens (tertiary/aromatic N) is 2. The molecule has 1 aromatic heterocycles. The summed E-state index contributed by atoms with van der Waals surface area (Å²) in [5.74, 6) is 0.460. The molecular formula is C9H14N4O2. The quantitative estimate of drug-likeness (QED) is 0.744. The molecule has 2 saturated heterocycles. The normalized spacial score (nSPS) is 33.5. The van der Waals surface area contributed by atoms with Crippen molar-refractivity contribution < 1.29 is 9.15 Å². The van der Waals surface area contributed by atoms with Gasteiger partial charge in [0.15, 0.2) is 0 Å². The topological polar surface area (TPSA) is 86.2 Å². The number of nitrogens with one attached hydrogen (secondary N) is 1. The van der Waals surface area contributed by atoms with Gasteiger partial charge >= 0.3 is 6.01 Å². The van der Waals surface area contributed by atoms with Gasteiger partial charge in [0, 0.05) is 0 Å². The van der Waals surface area contributed by atoms with E-state index in [0.717, 1.165) is 12.8 Å². The molecule has 3 N–H and O–H groups in total. The maximum absolute atomic E-state index is 5.71. The number of aromatic nitrogens is 2. The number of fused-ring (bicyclic) bond motifs is 2. The van der Waals surface area contributed by atoms with Gasteiger partial charge < -0.3 is 20.2 Å². The summed E-state index contributed by atoms with van der Waals surface area (Å²) in [4.78, 5) is 0. The molecule has 3 heterocycles. The Morgan fingerprint density at radius 2 is 2.33 bits per heavy atom. The van der Waals surface area contributed by atoms with Gasteiger partial charge in [-0.3, -0.25) is 0 Å². The molecule has 2 aliphatic rings. The van der Waals surface area contributed by atoms with Crippen LogP contribution in [0.25, 0.3) is 0 Å². The Hall–Kier alpha value is -1.14. The van der Waals surface area contributed by atoms with Crippen molar-refractivity contribution in [3.63, 3.8) is 0 Å². The van der Waals surface area contributed by atoms with Crippen LogP contribution >= 0.6 is 0 Å². The number of anilines is 1. The van der Waals surface area contributed by atoms with Crippen LogP contribution in [0.1, 0.15) is 25.2 Å². The monoisotopic (exact) mass is 210 g/mol. The minimum atomic E-state index is 0.280. The Labute approximate surface area is 87.2 Å². The smallest absolute Gasteiger partial charge is 0.315 e. The second kappa shape index (κ2) is 3.46. The van der Waals surface area contributed by atoms with Gasteiger partial charge in [0.2, 0.25) is 5.89 Å². The predicted octanol–water partition coefficient (Wildman–Crippen LogP) is 0.260. The third-order valence-electron chi connectivity index (χ3n) is 3.06. The molecule has 6 nitrogen and oxygen atoms in total. The van der Waals surface area contributed by atoms with Crippen molar-refractivity contribution in [2.45, 2.75) is 44.1 Å². The van der Waals surface area contributed by atoms with Crippen LogP contribution in [0.15, 0.2) is 4.42 Å². The molecule has 0 amide bonds. The molecule has 3 rings (SSSR count). The fourth-order valence-corrected chi connectivity index (χ4v) is 2.34. The van der Waals surface area contributed by atoms with E-state index in [1.807, 2.05) is 0 Å². The zero-order chi connectivity index (χ0) is 10.3. The number of ether oxygens (including phenoxy) is 1. The first-order valence-corrected chi connectivity index (χ1v) is 5.29. The van der Waals surface area contributed by atoms with Crippen LogP contribution in [-0.2, 0) is 11.3 Å². The highest BCUT2D eigenvalue weighted by molar-refractivity contribution is 5.22. The fraction of sp³-hybridized carbons (Fsp3) is 0.778. The van der Waals surface area contributed by atoms with E-state index in [0.29, 0.717) is 30.2 Å². The van der Waals surface area contributed by atoms with Crippen molar-refractivity contribution in [3.8, 4) is 0 Å². The van der Waals surface area contributed by atoms with Crippen LogP contribution < -0.4 is 11.1 Å². The predicted molar refractivity (Wildman–Crippen MR) is 52.1 cm³/mol. The molecule has 2 fully saturated rings. The van der Waals surface area contributed by atoms with Crippen molar-refractivity contribution in [3.05, 3.63) is 5.89 Å². The van der Waals surface area contributed by atoms with Gasteiger partial charge in [-0.2, -0.15) is 0 Å². The maximum atomic E-state index is 5.71. The van der Waals surface area contributed by atoms with Crippen molar-refractivity contribution in [2.24, 2.45) is 5.73 Å². The van der Waals surface area contributed by atoms with E-state index in [1.54, 1.807) is 0 Å². The number of hydrogen-bond acceptors (Lipinski definition) is 6. The van der Waals surface area contributed by atoms with Gasteiger partial charge in [0.05, 0.1) is 24.8 Å². The molecule has 0 aromatic carbocycles. The molecule has 1 aromatic rings. The highest BCUT2D eigenvalue weighted by Gasteiger charge is 2.41. The summed E-state index contributed by atoms with van der Waals surface area (Å²) in [6.07, 6.45) is 4.07. The summed E-state index contributed by atoms with van der Waals surface area (Å²) in [5, 5.41) is 10.9. The minimum absolute atomic E-state index is 0.280. The average molecular weight is 210 g/mol. The molecule has 2 aliphatic heterocycles. The van der Waals surface area contributed by atoms with E-state index >= 15 is 0 Å². The molecule has 0 saturated carbocycles. The van der Waals surface area contributed by atoms with Gasteiger partial charge in [-0.25, -0.2) is 0 Å². The Morgan fingerprint density at radius 3 is 2.93 bits per heavy atom. The number of nitrogens with two attached hydrogens (primary N) is 1. The Morgan fingerprint density at radius 1 is 1.40 bits per heavy atom. The first-order chi connectivity index (χ1) is 7.35. The second-order valence-electron chi connectivity index (χ2n) is 4.07. The first kappa shape index (κ1) is 9.11. The van der Waals surface area contributed by atoms with Crippen LogP contribution in [0.2, 0.25) is 0 Å². The van der Waals surface area contributed by atoms with E-state index in [1.165, 1.54) is 6.42 Å². The Bertz CT molecular complexity index is 354. The molecule has 0 spiro atoms. The van der Waals surface area contributed by atoms with Crippen molar-refractivity contribution in [1.82, 2.24) is 10.2 Å². The Kier molecular flexibility index (Phi) is 2.10. The minimum Gasteiger partial charge on any atom is -0.407 e. The lowest BCUT2D eigenvalue weighted by Gasteiger charge is -2.18. The zero-order valence-electron chi connectivity index (χ0n) is 8.35. The molecule has 3 unspecified atom stereocenters. The maximum Gasteiger partial charge on any atom is 0.315 e. The first-order valence-electron chi connectivity index (χ1n) is 5.29. The summed E-state index contributed by atoms with van der Waals surface area (Å²) in [5.41, 5.74) is 5.38. The zero-order valence-corrected chi connectivity index (χ0v) is 8.35. The number of hydrogen-bond donors (Lipinski definition) is 2. The summed E-state index contributed by atoms with van der Waals surface area (Å²) < 4.78 is 11.0. The summed E-state index contributed by atoms with van der Waals surface area (Å²) >= 11 is 0. The molecule has 15 heavy (non-hydrogen) atoms. The Balaban J connectivity index is 1.65. The molecule has 0 radical (unpaired) electrons. The van der Waals surface area contributed by atoms with Crippen LogP contribution in [0.5, 0.6) is 0 Å². The fourth-order valence-electron chi connectivity index (χ4n) is 2.34. The standard InChI is InChI=1S/C9H14N4O2/c10-4-8-12-13-9(15-8)11-6-3-5-1-2-7(6)14-5/h5-7H,1-4,10H2,(H,11,13). The van der Waals surface area contributed by atoms with E-state index in [2.05, 4.69) is 15.5 Å². The van der Waals surface area contributed by atoms with E-state index in [9.17, 15) is 0 Å². The van der Waals surface area contributed by atoms with Crippen LogP contribution in [-0.4, -0.2) is 28.4 Å². The van der Waals surface area contributed by atoms with Crippen molar-refractivity contribution in [1.29, 1.82) is 0 Å². The molecule has 6 heteroatoms. The van der Waals surface area contributed by atoms with Crippen LogP contribution in [0, 0.1) is 0 Å². The lowest BCUT2D eigenvalue weighted by Crippen LogP contribution is -2.30. The van der Waals surface area contributed by atoms with Gasteiger partial charge in [0.25, 0.3) is 0 Å². The third kappa shape index (κ3) is 1.59. The van der Waals surface area contributed by atoms with Gasteiger partial charge in [-0.1, -0.05) is 5.10 Å². The lowest BCUT2D eigenvalue weighted by molar-refractivity contribution is 0.102. The SMILES string of the molecule is NCc1nnc(NC2CC3CCC2O3)o1. The van der Waals surface area contributed by atoms with Crippen LogP contribution in [0.3, 0.4) is 0 Å². The van der Waals surface area contributed by atoms with E-state index in [-0.39, 0.29) is 6.54 Å². The van der Waals surface area contributed by atoms with Crippen molar-refractivity contribution >= 4 is 6.01 Å². The highest BCUT2D eigenvalue weighted by atomic mass is 16.5. The van der Waals surface area contributed by atoms with E-state index in [4.69, 9.17) is 14.9 Å². The molecule has 2 bridgehead atoms. The third-order valence-corrected chi connectivity index (χ3v) is 3.06. The summed E-state index contributed by atoms with van der Waals surface area (Å²) in [7, 11) is 0. The van der Waals surface area contributed by atoms with Gasteiger partial charge in [-0.15, -0.1) is 5.10 Å². The molecule has 3 atom stereocenters. The highest BCUT2D eigenvalue weighted by Crippen LogP contribution is 2.35. The summed E-state index contributed by atoms with van der Waals surface area (Å²) in [6.45, 7) is 0.280. The average Bonchev–Trinajstić information content (AvgIpc) is 2.92. The van der Waals surface area contributed by atoms with Gasteiger partial charge in [-0.05, 0) is 19.3 Å². The second-order valence-corrected chi connectivity index (χ2v) is 4.07. The lowest BCUT2D eigenvalue weighted by atomic mass is 9.96. The summed E-state index contributed by atoms with van der Waals surface area (Å²) in [6, 6.07) is 0.770. The molecular weight excluding hydrogens is 196 g/mol. The van der Waals surface area contributed by atoms with Crippen molar-refractivity contribution in [2.75, 3.05) is 5.32 Å². The largest absolute Gasteiger partial charge is 0.407 e.